The molecule has 2 amide bonds. The van der Waals surface area contributed by atoms with Crippen LogP contribution >= 0.6 is 0 Å². The number of nitrogens with zero attached hydrogens (tertiary/aromatic N) is 7. The lowest BCUT2D eigenvalue weighted by molar-refractivity contribution is 0.122. The first-order valence-corrected chi connectivity index (χ1v) is 17.6. The van der Waals surface area contributed by atoms with Gasteiger partial charge in [0.2, 0.25) is 11.9 Å². The lowest BCUT2D eigenvalue weighted by Crippen LogP contribution is -2.38. The van der Waals surface area contributed by atoms with Crippen LogP contribution in [0, 0.1) is 0 Å². The molecule has 2 aromatic heterocycles. The summed E-state index contributed by atoms with van der Waals surface area (Å²) in [6, 6.07) is 23.7. The van der Waals surface area contributed by atoms with Crippen molar-refractivity contribution in [1.82, 2.24) is 19.9 Å². The molecule has 0 radical (unpaired) electrons. The number of rotatable bonds is 11. The number of morpholine rings is 1. The van der Waals surface area contributed by atoms with E-state index in [1.165, 1.54) is 0 Å². The Balaban J connectivity index is 1.21. The lowest BCUT2D eigenvalue weighted by atomic mass is 10.0. The largest absolute Gasteiger partial charge is 0.497 e. The monoisotopic (exact) mass is 700 g/mol. The van der Waals surface area contributed by atoms with E-state index >= 15 is 0 Å². The second kappa shape index (κ2) is 15.6. The van der Waals surface area contributed by atoms with Gasteiger partial charge in [-0.05, 0) is 59.4 Å². The van der Waals surface area contributed by atoms with Crippen LogP contribution in [0.1, 0.15) is 42.0 Å². The minimum atomic E-state index is -0.219. The molecule has 3 aromatic carbocycles. The van der Waals surface area contributed by atoms with E-state index in [2.05, 4.69) is 53.2 Å². The van der Waals surface area contributed by atoms with Gasteiger partial charge in [0.15, 0.2) is 0 Å². The molecule has 0 aliphatic carbocycles. The van der Waals surface area contributed by atoms with Crippen molar-refractivity contribution in [1.29, 1.82) is 0 Å². The Morgan fingerprint density at radius 2 is 1.46 bits per heavy atom. The van der Waals surface area contributed by atoms with Crippen molar-refractivity contribution in [3.05, 3.63) is 107 Å². The van der Waals surface area contributed by atoms with Crippen LogP contribution in [0.25, 0.3) is 11.3 Å². The Kier molecular flexibility index (Phi) is 10.4. The van der Waals surface area contributed by atoms with Gasteiger partial charge in [-0.3, -0.25) is 4.90 Å². The van der Waals surface area contributed by atoms with Crippen molar-refractivity contribution in [3.8, 4) is 22.8 Å². The molecule has 7 rings (SSSR count). The molecule has 0 bridgehead atoms. The van der Waals surface area contributed by atoms with Gasteiger partial charge < -0.3 is 29.3 Å². The van der Waals surface area contributed by atoms with Crippen molar-refractivity contribution in [2.75, 3.05) is 67.1 Å². The van der Waals surface area contributed by atoms with Gasteiger partial charge in [0.05, 0.1) is 33.1 Å². The highest BCUT2D eigenvalue weighted by atomic mass is 16.5. The third-order valence-corrected chi connectivity index (χ3v) is 9.44. The number of amides is 2. The van der Waals surface area contributed by atoms with Crippen molar-refractivity contribution < 1.29 is 19.0 Å². The predicted octanol–water partition coefficient (Wildman–Crippen LogP) is 6.71. The normalized spacial score (nSPS) is 13.9. The number of ether oxygens (including phenoxy) is 3. The van der Waals surface area contributed by atoms with Crippen LogP contribution in [0.3, 0.4) is 0 Å². The maximum absolute atomic E-state index is 13.9. The maximum Gasteiger partial charge on any atom is 0.327 e. The van der Waals surface area contributed by atoms with Crippen molar-refractivity contribution in [3.63, 3.8) is 0 Å². The summed E-state index contributed by atoms with van der Waals surface area (Å²) in [4.78, 5) is 39.7. The number of carbonyl (C=O) groups is 1. The van der Waals surface area contributed by atoms with Crippen LogP contribution in [0.5, 0.6) is 11.5 Å². The second-order valence-electron chi connectivity index (χ2n) is 13.2. The van der Waals surface area contributed by atoms with Gasteiger partial charge in [-0.2, -0.15) is 4.98 Å². The zero-order chi connectivity index (χ0) is 36.0. The lowest BCUT2D eigenvalue weighted by Gasteiger charge is -2.28. The molecule has 0 spiro atoms. The third-order valence-electron chi connectivity index (χ3n) is 9.44. The minimum Gasteiger partial charge on any atom is -0.497 e. The summed E-state index contributed by atoms with van der Waals surface area (Å²) in [7, 11) is 3.33. The van der Waals surface area contributed by atoms with Crippen LogP contribution in [0.4, 0.5) is 28.2 Å². The number of hydrogen-bond acceptors (Lipinski definition) is 10. The molecule has 12 heteroatoms. The first kappa shape index (κ1) is 34.7. The molecule has 1 N–H and O–H groups in total. The molecule has 4 heterocycles. The zero-order valence-electron chi connectivity index (χ0n) is 30.1. The number of fused-ring (bicyclic) bond motifs is 1. The Labute approximate surface area is 304 Å². The van der Waals surface area contributed by atoms with Crippen LogP contribution in [-0.2, 0) is 24.2 Å². The average molecular weight is 701 g/mol. The standard InChI is InChI=1S/C40H44N8O4/c1-27(2)33-7-5-6-8-35(33)43-40(49)48-18-17-34-36(44-39(45-37(34)48)46-19-21-52-22-20-46)30-23-41-38(42-24-30)47(25-28-9-13-31(50-3)14-10-28)26-29-11-15-32(51-4)16-12-29/h5-16,23-24,27H,17-22,25-26H2,1-4H3,(H,43,49). The van der Waals surface area contributed by atoms with E-state index in [0.29, 0.717) is 70.1 Å². The number of carbonyl (C=O) groups excluding carboxylic acids is 1. The van der Waals surface area contributed by atoms with Crippen LogP contribution < -0.4 is 29.5 Å². The molecule has 2 aliphatic rings. The number of methoxy groups -OCH3 is 2. The van der Waals surface area contributed by atoms with Gasteiger partial charge in [0.1, 0.15) is 17.3 Å². The summed E-state index contributed by atoms with van der Waals surface area (Å²) < 4.78 is 16.4. The summed E-state index contributed by atoms with van der Waals surface area (Å²) >= 11 is 0. The number of aromatic nitrogens is 4. The second-order valence-corrected chi connectivity index (χ2v) is 13.2. The Hall–Kier alpha value is -5.75. The van der Waals surface area contributed by atoms with Crippen molar-refractivity contribution >= 4 is 29.4 Å². The molecule has 0 saturated carbocycles. The molecule has 0 unspecified atom stereocenters. The minimum absolute atomic E-state index is 0.219. The van der Waals surface area contributed by atoms with E-state index in [4.69, 9.17) is 34.1 Å². The topological polar surface area (TPSA) is 118 Å². The summed E-state index contributed by atoms with van der Waals surface area (Å²) in [6.45, 7) is 8.39. The Bertz CT molecular complexity index is 1930. The number of nitrogens with one attached hydrogen (secondary N) is 1. The highest BCUT2D eigenvalue weighted by molar-refractivity contribution is 6.03. The van der Waals surface area contributed by atoms with E-state index in [9.17, 15) is 4.79 Å². The Morgan fingerprint density at radius 3 is 2.06 bits per heavy atom. The van der Waals surface area contributed by atoms with E-state index in [1.54, 1.807) is 19.1 Å². The first-order valence-electron chi connectivity index (χ1n) is 17.6. The van der Waals surface area contributed by atoms with E-state index < -0.39 is 0 Å². The number of para-hydroxylation sites is 1. The fourth-order valence-electron chi connectivity index (χ4n) is 6.59. The first-order chi connectivity index (χ1) is 25.4. The highest BCUT2D eigenvalue weighted by Crippen LogP contribution is 2.36. The number of anilines is 4. The Morgan fingerprint density at radius 1 is 0.846 bits per heavy atom. The summed E-state index contributed by atoms with van der Waals surface area (Å²) in [6.07, 6.45) is 4.26. The SMILES string of the molecule is COc1ccc(CN(Cc2ccc(OC)cc2)c2ncc(-c3nc(N4CCOCC4)nc4c3CCN4C(=O)Nc3ccccc3C(C)C)cn2)cc1. The van der Waals surface area contributed by atoms with Gasteiger partial charge >= 0.3 is 6.03 Å². The fraction of sp³-hybridized carbons (Fsp3) is 0.325. The molecule has 5 aromatic rings. The van der Waals surface area contributed by atoms with E-state index in [1.807, 2.05) is 60.9 Å². The molecular weight excluding hydrogens is 656 g/mol. The third kappa shape index (κ3) is 7.62. The smallest absolute Gasteiger partial charge is 0.327 e. The van der Waals surface area contributed by atoms with Gasteiger partial charge in [-0.1, -0.05) is 56.3 Å². The van der Waals surface area contributed by atoms with Gasteiger partial charge in [0, 0.05) is 61.9 Å². The van der Waals surface area contributed by atoms with Crippen molar-refractivity contribution in [2.24, 2.45) is 0 Å². The molecule has 52 heavy (non-hydrogen) atoms. The summed E-state index contributed by atoms with van der Waals surface area (Å²) in [5.74, 6) is 3.61. The summed E-state index contributed by atoms with van der Waals surface area (Å²) in [5.41, 5.74) is 6.47. The van der Waals surface area contributed by atoms with Gasteiger partial charge in [-0.15, -0.1) is 0 Å². The maximum atomic E-state index is 13.9. The van der Waals surface area contributed by atoms with E-state index in [0.717, 1.165) is 50.7 Å². The average Bonchev–Trinajstić information content (AvgIpc) is 3.63. The zero-order valence-corrected chi connectivity index (χ0v) is 30.1. The molecule has 1 fully saturated rings. The van der Waals surface area contributed by atoms with Gasteiger partial charge in [-0.25, -0.2) is 19.7 Å². The van der Waals surface area contributed by atoms with E-state index in [-0.39, 0.29) is 11.9 Å². The molecule has 1 saturated heterocycles. The molecule has 268 valence electrons. The highest BCUT2D eigenvalue weighted by Gasteiger charge is 2.32. The van der Waals surface area contributed by atoms with Crippen LogP contribution in [-0.4, -0.2) is 73.0 Å². The number of urea groups is 1. The molecular formula is C40H44N8O4. The van der Waals surface area contributed by atoms with Crippen LogP contribution in [0.2, 0.25) is 0 Å². The molecule has 0 atom stereocenters. The number of benzene rings is 3. The quantitative estimate of drug-likeness (QED) is 0.159. The van der Waals surface area contributed by atoms with Gasteiger partial charge in [0.25, 0.3) is 0 Å². The van der Waals surface area contributed by atoms with Crippen molar-refractivity contribution in [2.45, 2.75) is 39.3 Å². The predicted molar refractivity (Wildman–Crippen MR) is 203 cm³/mol. The summed E-state index contributed by atoms with van der Waals surface area (Å²) in [5, 5.41) is 3.15. The fourth-order valence-corrected chi connectivity index (χ4v) is 6.59. The molecule has 12 nitrogen and oxygen atoms in total. The van der Waals surface area contributed by atoms with Crippen LogP contribution in [0.15, 0.2) is 85.2 Å². The number of hydrogen-bond donors (Lipinski definition) is 1. The molecule has 2 aliphatic heterocycles.